The number of H-pyrrole nitrogens is 3. The van der Waals surface area contributed by atoms with Gasteiger partial charge in [0, 0.05) is 86.8 Å². The maximum absolute atomic E-state index is 12.9. The van der Waals surface area contributed by atoms with E-state index in [2.05, 4.69) is 63.6 Å². The molecule has 0 spiro atoms. The van der Waals surface area contributed by atoms with Gasteiger partial charge in [-0.2, -0.15) is 0 Å². The van der Waals surface area contributed by atoms with E-state index in [1.807, 2.05) is 90.4 Å². The van der Waals surface area contributed by atoms with Gasteiger partial charge in [0.1, 0.15) is 16.6 Å². The maximum atomic E-state index is 12.9. The number of pyridine rings is 2. The topological polar surface area (TPSA) is 178 Å². The Balaban J connectivity index is 0.000000119. The van der Waals surface area contributed by atoms with Crippen molar-refractivity contribution in [3.63, 3.8) is 0 Å². The first-order valence-electron chi connectivity index (χ1n) is 22.3. The summed E-state index contributed by atoms with van der Waals surface area (Å²) in [6.45, 7) is 9.37. The molecule has 12 rings (SSSR count). The average molecular weight is 968 g/mol. The molecule has 15 nitrogen and oxygen atoms in total. The van der Waals surface area contributed by atoms with Gasteiger partial charge in [-0.05, 0) is 85.6 Å². The summed E-state index contributed by atoms with van der Waals surface area (Å²) in [5.74, 6) is 0.886. The minimum Gasteiger partial charge on any atom is -0.348 e. The molecule has 3 amide bonds. The van der Waals surface area contributed by atoms with E-state index in [-0.39, 0.29) is 35.7 Å². The van der Waals surface area contributed by atoms with Crippen LogP contribution in [0, 0.1) is 0 Å². The molecular weight excluding hydrogens is 923 g/mol. The molecule has 18 heteroatoms. The lowest BCUT2D eigenvalue weighted by Gasteiger charge is -2.34. The molecule has 9 aromatic rings. The van der Waals surface area contributed by atoms with E-state index in [9.17, 15) is 14.4 Å². The zero-order valence-electron chi connectivity index (χ0n) is 37.3. The third kappa shape index (κ3) is 8.57. The number of imidazole rings is 3. The quantitative estimate of drug-likeness (QED) is 0.157. The molecule has 68 heavy (non-hydrogen) atoms. The Morgan fingerprint density at radius 3 is 1.72 bits per heavy atom. The van der Waals surface area contributed by atoms with Crippen LogP contribution in [0.25, 0.3) is 33.1 Å². The second-order valence-electron chi connectivity index (χ2n) is 17.2. The molecule has 3 atom stereocenters. The van der Waals surface area contributed by atoms with Gasteiger partial charge in [0.25, 0.3) is 17.7 Å². The Morgan fingerprint density at radius 1 is 0.588 bits per heavy atom. The maximum Gasteiger partial charge on any atom is 0.290 e. The fraction of sp³-hybridized carbons (Fsp3) is 0.240. The summed E-state index contributed by atoms with van der Waals surface area (Å²) < 4.78 is 2.18. The van der Waals surface area contributed by atoms with Crippen molar-refractivity contribution in [1.29, 1.82) is 0 Å². The number of amides is 3. The van der Waals surface area contributed by atoms with E-state index in [4.69, 9.17) is 34.8 Å². The number of nitrogens with one attached hydrogen (secondary N) is 3. The number of para-hydroxylation sites is 3. The zero-order chi connectivity index (χ0) is 47.2. The van der Waals surface area contributed by atoms with Crippen LogP contribution in [-0.4, -0.2) is 96.0 Å². The molecule has 3 unspecified atom stereocenters. The lowest BCUT2D eigenvalue weighted by Crippen LogP contribution is -2.43. The molecule has 0 fully saturated rings. The van der Waals surface area contributed by atoms with Gasteiger partial charge >= 0.3 is 0 Å². The number of hydrogen-bond donors (Lipinski definition) is 3. The van der Waals surface area contributed by atoms with Crippen molar-refractivity contribution in [1.82, 2.24) is 59.1 Å². The summed E-state index contributed by atoms with van der Waals surface area (Å²) in [7, 11) is 0. The second kappa shape index (κ2) is 18.5. The number of carbonyl (C=O) groups is 3. The molecular formula is C50H45Cl3N12O3. The number of benzene rings is 3. The van der Waals surface area contributed by atoms with Crippen molar-refractivity contribution < 1.29 is 14.4 Å². The Morgan fingerprint density at radius 2 is 1.13 bits per heavy atom. The van der Waals surface area contributed by atoms with Crippen molar-refractivity contribution in [2.45, 2.75) is 64.8 Å². The Hall–Kier alpha value is -7.07. The van der Waals surface area contributed by atoms with Crippen molar-refractivity contribution in [3.05, 3.63) is 170 Å². The highest BCUT2D eigenvalue weighted by Gasteiger charge is 2.32. The summed E-state index contributed by atoms with van der Waals surface area (Å²) in [6, 6.07) is 28.4. The average Bonchev–Trinajstić information content (AvgIpc) is 4.18. The fourth-order valence-electron chi connectivity index (χ4n) is 9.24. The molecule has 0 aliphatic carbocycles. The monoisotopic (exact) mass is 966 g/mol. The second-order valence-corrected chi connectivity index (χ2v) is 18.4. The summed E-state index contributed by atoms with van der Waals surface area (Å²) in [5, 5.41) is 1.63. The van der Waals surface area contributed by atoms with Crippen molar-refractivity contribution in [3.8, 4) is 0 Å². The number of aromatic amines is 3. The number of rotatable bonds is 3. The van der Waals surface area contributed by atoms with Crippen molar-refractivity contribution >= 4 is 85.6 Å². The lowest BCUT2D eigenvalue weighted by atomic mass is 9.96. The molecule has 0 radical (unpaired) electrons. The molecule has 344 valence electrons. The number of carbonyl (C=O) groups excluding carboxylic acids is 3. The number of aromatic nitrogens is 9. The van der Waals surface area contributed by atoms with Crippen LogP contribution in [0.2, 0.25) is 15.1 Å². The van der Waals surface area contributed by atoms with Crippen molar-refractivity contribution in [2.24, 2.45) is 0 Å². The first-order chi connectivity index (χ1) is 32.9. The molecule has 9 heterocycles. The molecule has 0 saturated heterocycles. The van der Waals surface area contributed by atoms with Crippen LogP contribution in [0.15, 0.2) is 110 Å². The Labute approximate surface area is 405 Å². The fourth-order valence-corrected chi connectivity index (χ4v) is 9.89. The van der Waals surface area contributed by atoms with Crippen LogP contribution >= 0.6 is 34.8 Å². The van der Waals surface area contributed by atoms with Crippen LogP contribution < -0.4 is 0 Å². The van der Waals surface area contributed by atoms with E-state index in [1.165, 1.54) is 0 Å². The number of fused-ring (bicyclic) bond motifs is 6. The van der Waals surface area contributed by atoms with Crippen LogP contribution in [0.3, 0.4) is 0 Å². The van der Waals surface area contributed by atoms with Crippen LogP contribution in [-0.2, 0) is 26.1 Å². The third-order valence-corrected chi connectivity index (χ3v) is 13.7. The smallest absolute Gasteiger partial charge is 0.290 e. The highest BCUT2D eigenvalue weighted by molar-refractivity contribution is 6.35. The lowest BCUT2D eigenvalue weighted by molar-refractivity contribution is 0.0629. The highest BCUT2D eigenvalue weighted by Crippen LogP contribution is 2.31. The standard InChI is InChI=1S/2C17H15ClN4O.C16H15ClN4O/c1-10-8-22(9-11-4-3-7-19-14(10)11)17(23)16-20-13-6-2-5-12(18)15(13)21-16;1-10-8-14-11(4-3-7-19-14)9-22(10)17(23)16-20-13-6-2-5-12(18)15(13)21-16;1-10-13-6-3-7-20(13)8-9-21(10)16(22)15-18-12-5-2-4-11(17)14(12)19-15/h2*2-7,10H,8-9H2,1H3,(H,20,21);2-7,10H,8-9H2,1H3,(H,18,19). The van der Waals surface area contributed by atoms with E-state index < -0.39 is 0 Å². The van der Waals surface area contributed by atoms with Gasteiger partial charge in [-0.1, -0.05) is 72.1 Å². The molecule has 3 N–H and O–H groups in total. The largest absolute Gasteiger partial charge is 0.348 e. The summed E-state index contributed by atoms with van der Waals surface area (Å²) >= 11 is 18.4. The molecule has 0 saturated carbocycles. The van der Waals surface area contributed by atoms with Crippen LogP contribution in [0.1, 0.15) is 92.8 Å². The first kappa shape index (κ1) is 44.7. The SMILES string of the molecule is CC1CN(C(=O)c2nc3c(Cl)cccc3[nH]2)Cc2cccnc21.CC1Cc2ncccc2CN1C(=O)c1nc2c(Cl)cccc2[nH]1.CC1c2cccn2CCN1C(=O)c1nc2c(Cl)cccc2[nH]1. The number of nitrogens with zero attached hydrogens (tertiary/aromatic N) is 9. The molecule has 3 aliphatic rings. The molecule has 3 aromatic carbocycles. The van der Waals surface area contributed by atoms with Gasteiger partial charge in [0.05, 0.1) is 37.7 Å². The molecule has 3 aliphatic heterocycles. The summed E-state index contributed by atoms with van der Waals surface area (Å²) in [5.41, 5.74) is 9.69. The summed E-state index contributed by atoms with van der Waals surface area (Å²) in [6.07, 6.45) is 6.40. The Bertz CT molecular complexity index is 3380. The predicted molar refractivity (Wildman–Crippen MR) is 262 cm³/mol. The zero-order valence-corrected chi connectivity index (χ0v) is 39.5. The number of hydrogen-bond acceptors (Lipinski definition) is 8. The van der Waals surface area contributed by atoms with Gasteiger partial charge in [-0.15, -0.1) is 0 Å². The van der Waals surface area contributed by atoms with Gasteiger partial charge in [0.15, 0.2) is 17.5 Å². The Kier molecular flexibility index (Phi) is 12.2. The van der Waals surface area contributed by atoms with E-state index in [0.717, 1.165) is 57.7 Å². The molecule has 0 bridgehead atoms. The minimum absolute atomic E-state index is 0.0277. The normalized spacial score (nSPS) is 17.4. The van der Waals surface area contributed by atoms with Gasteiger partial charge < -0.3 is 34.2 Å². The predicted octanol–water partition coefficient (Wildman–Crippen LogP) is 9.80. The first-order valence-corrected chi connectivity index (χ1v) is 23.4. The van der Waals surface area contributed by atoms with Gasteiger partial charge in [-0.25, -0.2) is 15.0 Å². The highest BCUT2D eigenvalue weighted by atomic mass is 35.5. The summed E-state index contributed by atoms with van der Waals surface area (Å²) in [4.78, 5) is 75.2. The van der Waals surface area contributed by atoms with Crippen LogP contribution in [0.5, 0.6) is 0 Å². The third-order valence-electron chi connectivity index (χ3n) is 12.7. The minimum atomic E-state index is -0.112. The van der Waals surface area contributed by atoms with Gasteiger partial charge in [0.2, 0.25) is 0 Å². The van der Waals surface area contributed by atoms with Crippen LogP contribution in [0.4, 0.5) is 0 Å². The van der Waals surface area contributed by atoms with E-state index in [0.29, 0.717) is 75.3 Å². The van der Waals surface area contributed by atoms with Gasteiger partial charge in [-0.3, -0.25) is 24.4 Å². The van der Waals surface area contributed by atoms with E-state index in [1.54, 1.807) is 35.5 Å². The number of halogens is 3. The molecule has 6 aromatic heterocycles. The van der Waals surface area contributed by atoms with Crippen molar-refractivity contribution in [2.75, 3.05) is 13.1 Å². The van der Waals surface area contributed by atoms with E-state index >= 15 is 0 Å².